The van der Waals surface area contributed by atoms with Gasteiger partial charge in [-0.3, -0.25) is 4.79 Å². The molecule has 0 aromatic heterocycles. The van der Waals surface area contributed by atoms with Gasteiger partial charge in [0.05, 0.1) is 0 Å². The van der Waals surface area contributed by atoms with Crippen LogP contribution in [0.4, 0.5) is 13.2 Å². The highest BCUT2D eigenvalue weighted by atomic mass is 35.5. The highest BCUT2D eigenvalue weighted by molar-refractivity contribution is 6.35. The van der Waals surface area contributed by atoms with E-state index in [-0.39, 0.29) is 0 Å². The van der Waals surface area contributed by atoms with Crippen molar-refractivity contribution in [1.29, 1.82) is 0 Å². The van der Waals surface area contributed by atoms with Crippen LogP contribution in [0.1, 0.15) is 6.92 Å². The minimum atomic E-state index is -4.46. The molecule has 1 amide bonds. The summed E-state index contributed by atoms with van der Waals surface area (Å²) in [6.07, 6.45) is -5.52. The quantitative estimate of drug-likeness (QED) is 0.921. The van der Waals surface area contributed by atoms with Gasteiger partial charge >= 0.3 is 6.18 Å². The fourth-order valence-electron chi connectivity index (χ4n) is 1.91. The van der Waals surface area contributed by atoms with Crippen molar-refractivity contribution in [2.45, 2.75) is 19.2 Å². The summed E-state index contributed by atoms with van der Waals surface area (Å²) in [5.74, 6) is -0.453. The molecule has 0 radical (unpaired) electrons. The van der Waals surface area contributed by atoms with Crippen molar-refractivity contribution in [3.05, 3.63) is 41.4 Å². The molecule has 22 heavy (non-hydrogen) atoms. The molecule has 0 bridgehead atoms. The van der Waals surface area contributed by atoms with Crippen LogP contribution in [0.5, 0.6) is 5.75 Å². The summed E-state index contributed by atoms with van der Waals surface area (Å²) >= 11 is 6.07. The Bertz CT molecular complexity index is 688. The zero-order chi connectivity index (χ0) is 16.3. The molecular formula is C15H13ClF3NO2. The van der Waals surface area contributed by atoms with Gasteiger partial charge in [0.1, 0.15) is 12.3 Å². The molecule has 0 heterocycles. The Morgan fingerprint density at radius 3 is 2.50 bits per heavy atom. The Morgan fingerprint density at radius 2 is 1.86 bits per heavy atom. The van der Waals surface area contributed by atoms with E-state index in [1.807, 2.05) is 0 Å². The van der Waals surface area contributed by atoms with E-state index in [1.54, 1.807) is 41.7 Å². The lowest BCUT2D eigenvalue weighted by Crippen LogP contribution is -2.41. The molecule has 0 aliphatic heterocycles. The van der Waals surface area contributed by atoms with Crippen molar-refractivity contribution in [3.63, 3.8) is 0 Å². The van der Waals surface area contributed by atoms with E-state index in [0.29, 0.717) is 16.2 Å². The van der Waals surface area contributed by atoms with Crippen LogP contribution in [0.2, 0.25) is 5.02 Å². The van der Waals surface area contributed by atoms with Crippen molar-refractivity contribution in [3.8, 4) is 5.75 Å². The zero-order valence-electron chi connectivity index (χ0n) is 11.6. The molecule has 0 saturated carbocycles. The number of benzene rings is 2. The number of alkyl halides is 3. The third-order valence-electron chi connectivity index (χ3n) is 2.97. The number of ether oxygens (including phenoxy) is 1. The molecule has 1 atom stereocenters. The predicted octanol–water partition coefficient (Wildman–Crippen LogP) is 3.94. The molecule has 0 spiro atoms. The number of fused-ring (bicyclic) bond motifs is 1. The van der Waals surface area contributed by atoms with E-state index in [2.05, 4.69) is 0 Å². The summed E-state index contributed by atoms with van der Waals surface area (Å²) in [5, 5.41) is 3.74. The van der Waals surface area contributed by atoms with Gasteiger partial charge in [0.25, 0.3) is 5.91 Å². The first-order chi connectivity index (χ1) is 10.3. The smallest absolute Gasteiger partial charge is 0.405 e. The van der Waals surface area contributed by atoms with Crippen molar-refractivity contribution in [1.82, 2.24) is 5.32 Å². The highest BCUT2D eigenvalue weighted by Crippen LogP contribution is 2.31. The van der Waals surface area contributed by atoms with Crippen molar-refractivity contribution < 1.29 is 22.7 Å². The molecule has 3 nitrogen and oxygen atoms in total. The number of hydrogen-bond donors (Lipinski definition) is 1. The van der Waals surface area contributed by atoms with Crippen LogP contribution < -0.4 is 10.1 Å². The van der Waals surface area contributed by atoms with Gasteiger partial charge in [0, 0.05) is 15.8 Å². The van der Waals surface area contributed by atoms with Crippen LogP contribution in [-0.2, 0) is 4.79 Å². The first-order valence-electron chi connectivity index (χ1n) is 6.46. The zero-order valence-corrected chi connectivity index (χ0v) is 12.3. The summed E-state index contributed by atoms with van der Waals surface area (Å²) in [6.45, 7) is -0.00398. The van der Waals surface area contributed by atoms with Gasteiger partial charge < -0.3 is 10.1 Å². The maximum Gasteiger partial charge on any atom is 0.405 e. The lowest BCUT2D eigenvalue weighted by molar-refractivity contribution is -0.142. The monoisotopic (exact) mass is 331 g/mol. The maximum atomic E-state index is 12.1. The number of nitrogens with one attached hydrogen (secondary N) is 1. The van der Waals surface area contributed by atoms with Crippen molar-refractivity contribution >= 4 is 28.3 Å². The summed E-state index contributed by atoms with van der Waals surface area (Å²) in [5.41, 5.74) is 0. The van der Waals surface area contributed by atoms with Crippen LogP contribution in [0.15, 0.2) is 36.4 Å². The first-order valence-corrected chi connectivity index (χ1v) is 6.84. The molecule has 7 heteroatoms. The standard InChI is InChI=1S/C15H13ClF3NO2/c1-9(14(21)20-8-15(17,18)19)22-13-7-6-12(16)10-4-2-3-5-11(10)13/h2-7,9H,8H2,1H3,(H,20,21). The average molecular weight is 332 g/mol. The molecule has 118 valence electrons. The minimum Gasteiger partial charge on any atom is -0.480 e. The van der Waals surface area contributed by atoms with E-state index in [4.69, 9.17) is 16.3 Å². The number of carbonyl (C=O) groups excluding carboxylic acids is 1. The molecule has 2 rings (SSSR count). The van der Waals surface area contributed by atoms with E-state index >= 15 is 0 Å². The second-order valence-electron chi connectivity index (χ2n) is 4.68. The second-order valence-corrected chi connectivity index (χ2v) is 5.09. The lowest BCUT2D eigenvalue weighted by Gasteiger charge is -2.17. The van der Waals surface area contributed by atoms with Crippen LogP contribution in [-0.4, -0.2) is 24.7 Å². The average Bonchev–Trinajstić information content (AvgIpc) is 2.47. The number of amides is 1. The number of hydrogen-bond acceptors (Lipinski definition) is 2. The van der Waals surface area contributed by atoms with E-state index in [9.17, 15) is 18.0 Å². The molecule has 0 aliphatic carbocycles. The van der Waals surface area contributed by atoms with Crippen LogP contribution >= 0.6 is 11.6 Å². The third-order valence-corrected chi connectivity index (χ3v) is 3.30. The Hall–Kier alpha value is -1.95. The van der Waals surface area contributed by atoms with Crippen LogP contribution in [0.25, 0.3) is 10.8 Å². The lowest BCUT2D eigenvalue weighted by atomic mass is 10.1. The van der Waals surface area contributed by atoms with Gasteiger partial charge in [-0.25, -0.2) is 0 Å². The molecule has 2 aromatic rings. The van der Waals surface area contributed by atoms with Gasteiger partial charge in [0.2, 0.25) is 0 Å². The fourth-order valence-corrected chi connectivity index (χ4v) is 2.14. The minimum absolute atomic E-state index is 0.384. The van der Waals surface area contributed by atoms with Crippen molar-refractivity contribution in [2.24, 2.45) is 0 Å². The van der Waals surface area contributed by atoms with E-state index in [1.165, 1.54) is 6.92 Å². The number of rotatable bonds is 4. The number of halogens is 4. The van der Waals surface area contributed by atoms with Crippen LogP contribution in [0, 0.1) is 0 Å². The van der Waals surface area contributed by atoms with Gasteiger partial charge in [0.15, 0.2) is 6.10 Å². The normalized spacial score (nSPS) is 13.0. The first kappa shape index (κ1) is 16.4. The van der Waals surface area contributed by atoms with E-state index < -0.39 is 24.7 Å². The molecular weight excluding hydrogens is 319 g/mol. The Morgan fingerprint density at radius 1 is 1.23 bits per heavy atom. The Labute approximate surface area is 130 Å². The molecule has 0 aliphatic rings. The highest BCUT2D eigenvalue weighted by Gasteiger charge is 2.29. The van der Waals surface area contributed by atoms with Crippen LogP contribution in [0.3, 0.4) is 0 Å². The second kappa shape index (κ2) is 6.44. The molecule has 2 aromatic carbocycles. The summed E-state index contributed by atoms with van der Waals surface area (Å²) < 4.78 is 41.7. The SMILES string of the molecule is CC(Oc1ccc(Cl)c2ccccc12)C(=O)NCC(F)(F)F. The summed E-state index contributed by atoms with van der Waals surface area (Å²) in [4.78, 5) is 11.6. The molecule has 0 fully saturated rings. The number of carbonyl (C=O) groups is 1. The Balaban J connectivity index is 2.14. The van der Waals surface area contributed by atoms with Gasteiger partial charge in [-0.05, 0) is 19.1 Å². The van der Waals surface area contributed by atoms with Gasteiger partial charge in [-0.15, -0.1) is 0 Å². The molecule has 1 N–H and O–H groups in total. The van der Waals surface area contributed by atoms with Gasteiger partial charge in [-0.2, -0.15) is 13.2 Å². The van der Waals surface area contributed by atoms with E-state index in [0.717, 1.165) is 5.39 Å². The topological polar surface area (TPSA) is 38.3 Å². The van der Waals surface area contributed by atoms with Crippen molar-refractivity contribution in [2.75, 3.05) is 6.54 Å². The largest absolute Gasteiger partial charge is 0.480 e. The summed E-state index contributed by atoms with van der Waals surface area (Å²) in [6, 6.07) is 10.3. The third kappa shape index (κ3) is 4.04. The predicted molar refractivity (Wildman–Crippen MR) is 78.1 cm³/mol. The van der Waals surface area contributed by atoms with Gasteiger partial charge in [-0.1, -0.05) is 35.9 Å². The summed E-state index contributed by atoms with van der Waals surface area (Å²) in [7, 11) is 0. The Kier molecular flexibility index (Phi) is 4.81. The molecule has 0 saturated heterocycles. The maximum absolute atomic E-state index is 12.1. The fraction of sp³-hybridized carbons (Fsp3) is 0.267. The molecule has 1 unspecified atom stereocenters.